The number of benzene rings is 1. The number of nitrogens with one attached hydrogen (secondary N) is 2. The Kier molecular flexibility index (Phi) is 4.62. The highest BCUT2D eigenvalue weighted by molar-refractivity contribution is 5.79. The second-order valence-corrected chi connectivity index (χ2v) is 4.76. The Morgan fingerprint density at radius 2 is 1.83 bits per heavy atom. The van der Waals surface area contributed by atoms with E-state index in [1.54, 1.807) is 0 Å². The van der Waals surface area contributed by atoms with E-state index in [-0.39, 0.29) is 0 Å². The molecule has 1 saturated carbocycles. The summed E-state index contributed by atoms with van der Waals surface area (Å²) < 4.78 is 0. The van der Waals surface area contributed by atoms with Crippen molar-refractivity contribution in [3.8, 4) is 0 Å². The SMILES string of the molecule is CCNC(=NCC1CC1c1ccccc1)NCC. The van der Waals surface area contributed by atoms with E-state index in [1.807, 2.05) is 0 Å². The van der Waals surface area contributed by atoms with Gasteiger partial charge < -0.3 is 10.6 Å². The maximum Gasteiger partial charge on any atom is 0.191 e. The quantitative estimate of drug-likeness (QED) is 0.617. The van der Waals surface area contributed by atoms with Gasteiger partial charge in [0, 0.05) is 19.6 Å². The summed E-state index contributed by atoms with van der Waals surface area (Å²) >= 11 is 0. The van der Waals surface area contributed by atoms with E-state index < -0.39 is 0 Å². The summed E-state index contributed by atoms with van der Waals surface area (Å²) in [6.07, 6.45) is 1.28. The molecule has 1 aromatic rings. The molecule has 1 aromatic carbocycles. The van der Waals surface area contributed by atoms with Crippen molar-refractivity contribution in [2.75, 3.05) is 19.6 Å². The first-order valence-electron chi connectivity index (χ1n) is 6.92. The van der Waals surface area contributed by atoms with Gasteiger partial charge in [0.2, 0.25) is 0 Å². The first-order valence-corrected chi connectivity index (χ1v) is 6.92. The molecular formula is C15H23N3. The summed E-state index contributed by atoms with van der Waals surface area (Å²) in [7, 11) is 0. The van der Waals surface area contributed by atoms with Crippen molar-refractivity contribution in [2.24, 2.45) is 10.9 Å². The fraction of sp³-hybridized carbons (Fsp3) is 0.533. The van der Waals surface area contributed by atoms with Crippen LogP contribution < -0.4 is 10.6 Å². The van der Waals surface area contributed by atoms with E-state index in [1.165, 1.54) is 12.0 Å². The topological polar surface area (TPSA) is 36.4 Å². The second kappa shape index (κ2) is 6.43. The molecule has 0 aliphatic heterocycles. The van der Waals surface area contributed by atoms with Crippen LogP contribution in [0, 0.1) is 5.92 Å². The van der Waals surface area contributed by atoms with E-state index in [0.29, 0.717) is 0 Å². The fourth-order valence-corrected chi connectivity index (χ4v) is 2.28. The first-order chi connectivity index (χ1) is 8.85. The number of rotatable bonds is 5. The molecule has 0 saturated heterocycles. The fourth-order valence-electron chi connectivity index (χ4n) is 2.28. The lowest BCUT2D eigenvalue weighted by molar-refractivity contribution is 0.778. The van der Waals surface area contributed by atoms with Gasteiger partial charge in [-0.1, -0.05) is 30.3 Å². The molecule has 0 bridgehead atoms. The largest absolute Gasteiger partial charge is 0.357 e. The highest BCUT2D eigenvalue weighted by atomic mass is 15.2. The van der Waals surface area contributed by atoms with Crippen LogP contribution in [0.2, 0.25) is 0 Å². The second-order valence-electron chi connectivity index (χ2n) is 4.76. The lowest BCUT2D eigenvalue weighted by Crippen LogP contribution is -2.37. The van der Waals surface area contributed by atoms with Crippen LogP contribution >= 0.6 is 0 Å². The van der Waals surface area contributed by atoms with Crippen LogP contribution in [0.4, 0.5) is 0 Å². The van der Waals surface area contributed by atoms with Gasteiger partial charge in [-0.25, -0.2) is 0 Å². The van der Waals surface area contributed by atoms with Crippen molar-refractivity contribution in [3.05, 3.63) is 35.9 Å². The van der Waals surface area contributed by atoms with Gasteiger partial charge in [0.05, 0.1) is 0 Å². The molecule has 18 heavy (non-hydrogen) atoms. The molecule has 0 spiro atoms. The van der Waals surface area contributed by atoms with Gasteiger partial charge in [-0.2, -0.15) is 0 Å². The van der Waals surface area contributed by atoms with Crippen molar-refractivity contribution < 1.29 is 0 Å². The van der Waals surface area contributed by atoms with Crippen LogP contribution in [0.5, 0.6) is 0 Å². The average molecular weight is 245 g/mol. The summed E-state index contributed by atoms with van der Waals surface area (Å²) in [6.45, 7) is 6.94. The zero-order valence-electron chi connectivity index (χ0n) is 11.3. The molecule has 0 amide bonds. The molecule has 1 aliphatic rings. The number of hydrogen-bond donors (Lipinski definition) is 2. The maximum absolute atomic E-state index is 4.64. The molecule has 0 radical (unpaired) electrons. The van der Waals surface area contributed by atoms with Gasteiger partial charge in [-0.3, -0.25) is 4.99 Å². The van der Waals surface area contributed by atoms with E-state index in [2.05, 4.69) is 59.8 Å². The minimum Gasteiger partial charge on any atom is -0.357 e. The lowest BCUT2D eigenvalue weighted by Gasteiger charge is -2.08. The molecule has 0 heterocycles. The summed E-state index contributed by atoms with van der Waals surface area (Å²) in [5.74, 6) is 2.39. The van der Waals surface area contributed by atoms with Gasteiger partial charge in [-0.05, 0) is 37.7 Å². The molecule has 2 atom stereocenters. The molecule has 2 unspecified atom stereocenters. The summed E-state index contributed by atoms with van der Waals surface area (Å²) in [5.41, 5.74) is 1.46. The van der Waals surface area contributed by atoms with Crippen molar-refractivity contribution >= 4 is 5.96 Å². The maximum atomic E-state index is 4.64. The molecule has 1 fully saturated rings. The zero-order valence-corrected chi connectivity index (χ0v) is 11.3. The molecule has 3 heteroatoms. The Morgan fingerprint density at radius 1 is 1.17 bits per heavy atom. The number of guanidine groups is 1. The third kappa shape index (κ3) is 3.49. The van der Waals surface area contributed by atoms with E-state index >= 15 is 0 Å². The van der Waals surface area contributed by atoms with Crippen LogP contribution in [0.15, 0.2) is 35.3 Å². The zero-order chi connectivity index (χ0) is 12.8. The smallest absolute Gasteiger partial charge is 0.191 e. The monoisotopic (exact) mass is 245 g/mol. The number of aliphatic imine (C=N–C) groups is 1. The van der Waals surface area contributed by atoms with Crippen LogP contribution in [0.3, 0.4) is 0 Å². The molecule has 1 aliphatic carbocycles. The Morgan fingerprint density at radius 3 is 2.44 bits per heavy atom. The van der Waals surface area contributed by atoms with E-state index in [4.69, 9.17) is 0 Å². The number of hydrogen-bond acceptors (Lipinski definition) is 1. The van der Waals surface area contributed by atoms with Crippen molar-refractivity contribution in [1.82, 2.24) is 10.6 Å². The third-order valence-electron chi connectivity index (χ3n) is 3.32. The predicted molar refractivity (Wildman–Crippen MR) is 76.9 cm³/mol. The highest BCUT2D eigenvalue weighted by Gasteiger charge is 2.37. The van der Waals surface area contributed by atoms with Crippen molar-refractivity contribution in [1.29, 1.82) is 0 Å². The predicted octanol–water partition coefficient (Wildman–Crippen LogP) is 2.37. The minimum absolute atomic E-state index is 0.722. The summed E-state index contributed by atoms with van der Waals surface area (Å²) in [5, 5.41) is 6.52. The Bertz CT molecular complexity index is 378. The van der Waals surface area contributed by atoms with E-state index in [0.717, 1.165) is 37.4 Å². The molecule has 3 nitrogen and oxygen atoms in total. The highest BCUT2D eigenvalue weighted by Crippen LogP contribution is 2.47. The number of nitrogens with zero attached hydrogens (tertiary/aromatic N) is 1. The van der Waals surface area contributed by atoms with Crippen LogP contribution in [-0.2, 0) is 0 Å². The minimum atomic E-state index is 0.722. The van der Waals surface area contributed by atoms with Crippen molar-refractivity contribution in [2.45, 2.75) is 26.2 Å². The first kappa shape index (κ1) is 12.9. The van der Waals surface area contributed by atoms with Gasteiger partial charge in [-0.15, -0.1) is 0 Å². The van der Waals surface area contributed by atoms with Crippen LogP contribution in [-0.4, -0.2) is 25.6 Å². The van der Waals surface area contributed by atoms with Gasteiger partial charge in [0.25, 0.3) is 0 Å². The molecule has 98 valence electrons. The summed E-state index contributed by atoms with van der Waals surface area (Å²) in [6, 6.07) is 10.8. The van der Waals surface area contributed by atoms with Crippen LogP contribution in [0.1, 0.15) is 31.7 Å². The standard InChI is InChI=1S/C15H23N3/c1-3-16-15(17-4-2)18-11-13-10-14(13)12-8-6-5-7-9-12/h5-9,13-14H,3-4,10-11H2,1-2H3,(H2,16,17,18). The van der Waals surface area contributed by atoms with Crippen molar-refractivity contribution in [3.63, 3.8) is 0 Å². The lowest BCUT2D eigenvalue weighted by atomic mass is 10.1. The molecular weight excluding hydrogens is 222 g/mol. The molecule has 2 N–H and O–H groups in total. The molecule has 0 aromatic heterocycles. The van der Waals surface area contributed by atoms with Gasteiger partial charge in [0.15, 0.2) is 5.96 Å². The Labute approximate surface area is 110 Å². The summed E-state index contributed by atoms with van der Waals surface area (Å²) in [4.78, 5) is 4.64. The van der Waals surface area contributed by atoms with Crippen LogP contribution in [0.25, 0.3) is 0 Å². The van der Waals surface area contributed by atoms with Gasteiger partial charge in [0.1, 0.15) is 0 Å². The van der Waals surface area contributed by atoms with Gasteiger partial charge >= 0.3 is 0 Å². The van der Waals surface area contributed by atoms with E-state index in [9.17, 15) is 0 Å². The normalized spacial score (nSPS) is 21.2. The average Bonchev–Trinajstić information content (AvgIpc) is 3.17. The third-order valence-corrected chi connectivity index (χ3v) is 3.32. The Hall–Kier alpha value is -1.51. The Balaban J connectivity index is 1.83. The molecule has 2 rings (SSSR count).